The van der Waals surface area contributed by atoms with Crippen LogP contribution in [0.5, 0.6) is 0 Å². The Morgan fingerprint density at radius 2 is 2.29 bits per heavy atom. The lowest BCUT2D eigenvalue weighted by Gasteiger charge is -2.03. The van der Waals surface area contributed by atoms with E-state index in [-0.39, 0.29) is 5.56 Å². The molecule has 1 aliphatic rings. The van der Waals surface area contributed by atoms with E-state index in [4.69, 9.17) is 0 Å². The molecule has 0 amide bonds. The molecule has 4 nitrogen and oxygen atoms in total. The fraction of sp³-hybridized carbons (Fsp3) is 0.333. The van der Waals surface area contributed by atoms with Gasteiger partial charge >= 0.3 is 5.69 Å². The predicted octanol–water partition coefficient (Wildman–Crippen LogP) is 1.71. The van der Waals surface area contributed by atoms with Crippen molar-refractivity contribution in [3.63, 3.8) is 0 Å². The first-order chi connectivity index (χ1) is 6.61. The maximum absolute atomic E-state index is 13.4. The van der Waals surface area contributed by atoms with E-state index in [2.05, 4.69) is 0 Å². The third-order valence-corrected chi connectivity index (χ3v) is 2.48. The van der Waals surface area contributed by atoms with E-state index in [0.29, 0.717) is 18.4 Å². The molecule has 0 saturated carbocycles. The Kier molecular flexibility index (Phi) is 1.96. The number of hydrogen-bond donors (Lipinski definition) is 1. The van der Waals surface area contributed by atoms with Crippen molar-refractivity contribution in [3.8, 4) is 0 Å². The summed E-state index contributed by atoms with van der Waals surface area (Å²) in [6.07, 6.45) is 0.123. The Labute approximate surface area is 79.1 Å². The summed E-state index contributed by atoms with van der Waals surface area (Å²) >= 11 is 0. The quantitative estimate of drug-likeness (QED) is 0.550. The number of nitro groups is 1. The zero-order valence-electron chi connectivity index (χ0n) is 7.24. The largest absolute Gasteiger partial charge is 0.388 e. The highest BCUT2D eigenvalue weighted by Crippen LogP contribution is 2.35. The van der Waals surface area contributed by atoms with Crippen molar-refractivity contribution >= 4 is 5.69 Å². The van der Waals surface area contributed by atoms with Gasteiger partial charge in [0.25, 0.3) is 0 Å². The number of hydrogen-bond acceptors (Lipinski definition) is 3. The van der Waals surface area contributed by atoms with Crippen LogP contribution in [0.3, 0.4) is 0 Å². The molecule has 0 unspecified atom stereocenters. The zero-order chi connectivity index (χ0) is 10.3. The van der Waals surface area contributed by atoms with Crippen LogP contribution >= 0.6 is 0 Å². The van der Waals surface area contributed by atoms with Gasteiger partial charge in [-0.25, -0.2) is 0 Å². The minimum absolute atomic E-state index is 0.284. The van der Waals surface area contributed by atoms with E-state index < -0.39 is 22.5 Å². The van der Waals surface area contributed by atoms with E-state index in [1.807, 2.05) is 0 Å². The first kappa shape index (κ1) is 9.08. The molecule has 2 rings (SSSR count). The first-order valence-corrected chi connectivity index (χ1v) is 4.25. The van der Waals surface area contributed by atoms with Crippen LogP contribution in [0.2, 0.25) is 0 Å². The van der Waals surface area contributed by atoms with Crippen molar-refractivity contribution in [1.29, 1.82) is 0 Å². The Hall–Kier alpha value is -1.49. The number of aliphatic hydroxyl groups excluding tert-OH is 1. The summed E-state index contributed by atoms with van der Waals surface area (Å²) in [5.74, 6) is -0.802. The number of nitro benzene ring substituents is 1. The molecule has 0 saturated heterocycles. The van der Waals surface area contributed by atoms with Crippen LogP contribution in [0, 0.1) is 15.9 Å². The molecular formula is C9H8FNO3. The first-order valence-electron chi connectivity index (χ1n) is 4.25. The standard InChI is InChI=1S/C9H8FNO3/c10-9-6-2-4-8(12)5(6)1-3-7(9)11(13)14/h1,3,8,12H,2,4H2/t8-/m1/s1. The van der Waals surface area contributed by atoms with Crippen LogP contribution in [0.15, 0.2) is 12.1 Å². The summed E-state index contributed by atoms with van der Waals surface area (Å²) in [6.45, 7) is 0. The minimum atomic E-state index is -0.802. The lowest BCUT2D eigenvalue weighted by molar-refractivity contribution is -0.387. The van der Waals surface area contributed by atoms with Gasteiger partial charge in [-0.15, -0.1) is 0 Å². The van der Waals surface area contributed by atoms with E-state index in [1.54, 1.807) is 0 Å². The predicted molar refractivity (Wildman–Crippen MR) is 46.3 cm³/mol. The number of benzene rings is 1. The molecule has 0 aliphatic heterocycles. The van der Waals surface area contributed by atoms with Crippen LogP contribution in [0.4, 0.5) is 10.1 Å². The molecule has 0 bridgehead atoms. The molecule has 0 heterocycles. The summed E-state index contributed by atoms with van der Waals surface area (Å²) < 4.78 is 13.4. The van der Waals surface area contributed by atoms with Gasteiger partial charge < -0.3 is 5.11 Å². The van der Waals surface area contributed by atoms with Crippen molar-refractivity contribution in [2.75, 3.05) is 0 Å². The minimum Gasteiger partial charge on any atom is -0.388 e. The number of rotatable bonds is 1. The van der Waals surface area contributed by atoms with Crippen LogP contribution in [-0.2, 0) is 6.42 Å². The van der Waals surface area contributed by atoms with E-state index in [1.165, 1.54) is 6.07 Å². The van der Waals surface area contributed by atoms with Gasteiger partial charge in [0.1, 0.15) is 0 Å². The van der Waals surface area contributed by atoms with Gasteiger partial charge in [-0.05, 0) is 24.5 Å². The molecule has 0 spiro atoms. The Morgan fingerprint density at radius 1 is 1.57 bits per heavy atom. The molecule has 74 valence electrons. The highest BCUT2D eigenvalue weighted by atomic mass is 19.1. The van der Waals surface area contributed by atoms with Crippen molar-refractivity contribution in [2.45, 2.75) is 18.9 Å². The van der Waals surface area contributed by atoms with Gasteiger partial charge in [-0.1, -0.05) is 0 Å². The molecule has 1 aliphatic carbocycles. The molecule has 1 aromatic carbocycles. The molecule has 5 heteroatoms. The second kappa shape index (κ2) is 3.02. The highest BCUT2D eigenvalue weighted by Gasteiger charge is 2.28. The topological polar surface area (TPSA) is 63.4 Å². The third kappa shape index (κ3) is 1.17. The molecule has 0 radical (unpaired) electrons. The van der Waals surface area contributed by atoms with Gasteiger partial charge in [-0.3, -0.25) is 10.1 Å². The summed E-state index contributed by atoms with van der Waals surface area (Å²) in [5, 5.41) is 19.8. The average molecular weight is 197 g/mol. The van der Waals surface area contributed by atoms with E-state index in [9.17, 15) is 19.6 Å². The fourth-order valence-electron chi connectivity index (χ4n) is 1.77. The van der Waals surface area contributed by atoms with Gasteiger partial charge in [-0.2, -0.15) is 4.39 Å². The molecule has 14 heavy (non-hydrogen) atoms. The molecule has 0 aromatic heterocycles. The summed E-state index contributed by atoms with van der Waals surface area (Å²) in [4.78, 5) is 9.66. The molecule has 1 N–H and O–H groups in total. The second-order valence-corrected chi connectivity index (χ2v) is 3.28. The van der Waals surface area contributed by atoms with Crippen LogP contribution in [0.25, 0.3) is 0 Å². The summed E-state index contributed by atoms with van der Waals surface area (Å²) in [6, 6.07) is 2.52. The number of fused-ring (bicyclic) bond motifs is 1. The van der Waals surface area contributed by atoms with Gasteiger partial charge in [0.2, 0.25) is 5.82 Å². The molecule has 1 aromatic rings. The fourth-order valence-corrected chi connectivity index (χ4v) is 1.77. The summed E-state index contributed by atoms with van der Waals surface area (Å²) in [7, 11) is 0. The Bertz CT molecular complexity index is 405. The van der Waals surface area contributed by atoms with E-state index >= 15 is 0 Å². The van der Waals surface area contributed by atoms with Crippen molar-refractivity contribution in [1.82, 2.24) is 0 Å². The summed E-state index contributed by atoms with van der Waals surface area (Å²) in [5.41, 5.74) is 0.248. The normalized spacial score (nSPS) is 19.4. The smallest absolute Gasteiger partial charge is 0.305 e. The SMILES string of the molecule is O=[N+]([O-])c1ccc2c(c1F)CC[C@H]2O. The lowest BCUT2D eigenvalue weighted by Crippen LogP contribution is -1.98. The number of nitrogens with zero attached hydrogens (tertiary/aromatic N) is 1. The Morgan fingerprint density at radius 3 is 2.93 bits per heavy atom. The van der Waals surface area contributed by atoms with Crippen molar-refractivity contribution in [3.05, 3.63) is 39.2 Å². The maximum Gasteiger partial charge on any atom is 0.305 e. The van der Waals surface area contributed by atoms with E-state index in [0.717, 1.165) is 6.07 Å². The molecule has 0 fully saturated rings. The molecule has 1 atom stereocenters. The Balaban J connectivity index is 2.58. The zero-order valence-corrected chi connectivity index (χ0v) is 7.24. The maximum atomic E-state index is 13.4. The van der Waals surface area contributed by atoms with Gasteiger partial charge in [0.05, 0.1) is 11.0 Å². The average Bonchev–Trinajstić information content (AvgIpc) is 2.49. The van der Waals surface area contributed by atoms with Gasteiger partial charge in [0, 0.05) is 11.6 Å². The van der Waals surface area contributed by atoms with Crippen LogP contribution in [0.1, 0.15) is 23.7 Å². The van der Waals surface area contributed by atoms with Crippen LogP contribution < -0.4 is 0 Å². The third-order valence-electron chi connectivity index (χ3n) is 2.48. The highest BCUT2D eigenvalue weighted by molar-refractivity contribution is 5.45. The molecular weight excluding hydrogens is 189 g/mol. The number of halogens is 1. The van der Waals surface area contributed by atoms with Crippen molar-refractivity contribution < 1.29 is 14.4 Å². The monoisotopic (exact) mass is 197 g/mol. The van der Waals surface area contributed by atoms with Crippen LogP contribution in [-0.4, -0.2) is 10.0 Å². The second-order valence-electron chi connectivity index (χ2n) is 3.28. The lowest BCUT2D eigenvalue weighted by atomic mass is 10.1. The van der Waals surface area contributed by atoms with Crippen molar-refractivity contribution in [2.24, 2.45) is 0 Å². The number of aliphatic hydroxyl groups is 1. The van der Waals surface area contributed by atoms with Gasteiger partial charge in [0.15, 0.2) is 0 Å².